The molecule has 1 atom stereocenters. The summed E-state index contributed by atoms with van der Waals surface area (Å²) in [5, 5.41) is 2.61. The van der Waals surface area contributed by atoms with Crippen molar-refractivity contribution in [2.75, 3.05) is 24.7 Å². The largest absolute Gasteiger partial charge is 0.490 e. The number of amides is 2. The van der Waals surface area contributed by atoms with E-state index in [9.17, 15) is 9.59 Å². The predicted octanol–water partition coefficient (Wildman–Crippen LogP) is 0.699. The fraction of sp³-hybridized carbons (Fsp3) is 0.429. The van der Waals surface area contributed by atoms with Crippen molar-refractivity contribution in [2.45, 2.75) is 19.4 Å². The Hall–Kier alpha value is -2.24. The molecular weight excluding hydrogens is 260 g/mol. The number of hydrogen-bond acceptors (Lipinski definition) is 4. The summed E-state index contributed by atoms with van der Waals surface area (Å²) >= 11 is 0. The molecule has 1 aromatic carbocycles. The molecule has 20 heavy (non-hydrogen) atoms. The third-order valence-electron chi connectivity index (χ3n) is 3.36. The van der Waals surface area contributed by atoms with E-state index in [4.69, 9.17) is 9.47 Å². The van der Waals surface area contributed by atoms with E-state index in [0.29, 0.717) is 30.4 Å². The number of benzene rings is 1. The summed E-state index contributed by atoms with van der Waals surface area (Å²) < 4.78 is 11.2. The Labute approximate surface area is 116 Å². The molecule has 6 nitrogen and oxygen atoms in total. The minimum Gasteiger partial charge on any atom is -0.490 e. The molecule has 0 aliphatic carbocycles. The number of carbonyl (C=O) groups is 2. The number of piperazine rings is 1. The number of anilines is 1. The lowest BCUT2D eigenvalue weighted by atomic mass is 10.1. The van der Waals surface area contributed by atoms with E-state index in [2.05, 4.69) is 5.32 Å². The van der Waals surface area contributed by atoms with Crippen molar-refractivity contribution >= 4 is 17.5 Å². The summed E-state index contributed by atoms with van der Waals surface area (Å²) in [6.45, 7) is 2.91. The Bertz CT molecular complexity index is 558. The average Bonchev–Trinajstić information content (AvgIpc) is 2.67. The summed E-state index contributed by atoms with van der Waals surface area (Å²) in [6.07, 6.45) is 0.825. The Morgan fingerprint density at radius 3 is 2.75 bits per heavy atom. The van der Waals surface area contributed by atoms with Gasteiger partial charge in [-0.3, -0.25) is 9.59 Å². The highest BCUT2D eigenvalue weighted by atomic mass is 16.5. The molecular formula is C14H16N2O4. The molecule has 2 aliphatic rings. The van der Waals surface area contributed by atoms with Gasteiger partial charge in [0.1, 0.15) is 12.6 Å². The molecule has 1 N–H and O–H groups in total. The second kappa shape index (κ2) is 5.03. The predicted molar refractivity (Wildman–Crippen MR) is 72.0 cm³/mol. The van der Waals surface area contributed by atoms with E-state index in [-0.39, 0.29) is 18.4 Å². The number of hydrogen-bond donors (Lipinski definition) is 1. The van der Waals surface area contributed by atoms with Gasteiger partial charge in [-0.2, -0.15) is 0 Å². The van der Waals surface area contributed by atoms with Gasteiger partial charge in [-0.05, 0) is 19.1 Å². The van der Waals surface area contributed by atoms with Crippen molar-refractivity contribution in [2.24, 2.45) is 0 Å². The number of fused-ring (bicyclic) bond motifs is 1. The first-order valence-corrected chi connectivity index (χ1v) is 6.65. The van der Waals surface area contributed by atoms with Crippen LogP contribution in [-0.4, -0.2) is 37.6 Å². The van der Waals surface area contributed by atoms with E-state index < -0.39 is 6.04 Å². The molecule has 0 saturated carbocycles. The Morgan fingerprint density at radius 2 is 1.95 bits per heavy atom. The van der Waals surface area contributed by atoms with Crippen LogP contribution in [0.15, 0.2) is 18.2 Å². The molecule has 0 spiro atoms. The molecule has 0 radical (unpaired) electrons. The molecule has 0 bridgehead atoms. The molecule has 2 amide bonds. The molecule has 1 saturated heterocycles. The van der Waals surface area contributed by atoms with Gasteiger partial charge >= 0.3 is 0 Å². The van der Waals surface area contributed by atoms with E-state index in [1.807, 2.05) is 0 Å². The van der Waals surface area contributed by atoms with Crippen molar-refractivity contribution in [3.8, 4) is 11.5 Å². The molecule has 2 heterocycles. The van der Waals surface area contributed by atoms with Crippen LogP contribution in [0.1, 0.15) is 13.3 Å². The zero-order valence-electron chi connectivity index (χ0n) is 11.2. The van der Waals surface area contributed by atoms with Gasteiger partial charge < -0.3 is 19.7 Å². The molecule has 1 fully saturated rings. The molecule has 2 aliphatic heterocycles. The summed E-state index contributed by atoms with van der Waals surface area (Å²) in [5.74, 6) is 1.00. The average molecular weight is 276 g/mol. The lowest BCUT2D eigenvalue weighted by molar-refractivity contribution is -0.130. The van der Waals surface area contributed by atoms with Crippen LogP contribution in [0.2, 0.25) is 0 Å². The normalized spacial score (nSPS) is 22.2. The minimum absolute atomic E-state index is 0.0306. The van der Waals surface area contributed by atoms with Gasteiger partial charge in [0.15, 0.2) is 11.5 Å². The van der Waals surface area contributed by atoms with Crippen molar-refractivity contribution in [3.05, 3.63) is 18.2 Å². The molecule has 106 valence electrons. The van der Waals surface area contributed by atoms with Crippen LogP contribution < -0.4 is 19.7 Å². The number of nitrogens with one attached hydrogen (secondary N) is 1. The van der Waals surface area contributed by atoms with Crippen LogP contribution in [0.5, 0.6) is 11.5 Å². The molecule has 1 unspecified atom stereocenters. The van der Waals surface area contributed by atoms with Crippen LogP contribution in [0.3, 0.4) is 0 Å². The maximum Gasteiger partial charge on any atom is 0.249 e. The maximum absolute atomic E-state index is 12.1. The highest BCUT2D eigenvalue weighted by Crippen LogP contribution is 2.34. The van der Waals surface area contributed by atoms with Gasteiger partial charge in [-0.1, -0.05) is 0 Å². The zero-order valence-corrected chi connectivity index (χ0v) is 11.2. The third kappa shape index (κ3) is 2.29. The van der Waals surface area contributed by atoms with Gasteiger partial charge in [0.2, 0.25) is 11.8 Å². The second-order valence-corrected chi connectivity index (χ2v) is 4.90. The summed E-state index contributed by atoms with van der Waals surface area (Å²) in [7, 11) is 0. The monoisotopic (exact) mass is 276 g/mol. The van der Waals surface area contributed by atoms with Gasteiger partial charge in [0.25, 0.3) is 0 Å². The van der Waals surface area contributed by atoms with E-state index >= 15 is 0 Å². The first-order chi connectivity index (χ1) is 9.65. The topological polar surface area (TPSA) is 67.9 Å². The number of nitrogens with zero attached hydrogens (tertiary/aromatic N) is 1. The molecule has 3 rings (SSSR count). The van der Waals surface area contributed by atoms with E-state index in [0.717, 1.165) is 6.42 Å². The van der Waals surface area contributed by atoms with E-state index in [1.54, 1.807) is 25.1 Å². The fourth-order valence-corrected chi connectivity index (χ4v) is 2.34. The van der Waals surface area contributed by atoms with Crippen molar-refractivity contribution < 1.29 is 19.1 Å². The first-order valence-electron chi connectivity index (χ1n) is 6.65. The lowest BCUT2D eigenvalue weighted by Gasteiger charge is -2.31. The van der Waals surface area contributed by atoms with Gasteiger partial charge in [0, 0.05) is 18.2 Å². The maximum atomic E-state index is 12.1. The quantitative estimate of drug-likeness (QED) is 0.820. The van der Waals surface area contributed by atoms with Gasteiger partial charge in [-0.25, -0.2) is 0 Å². The molecule has 6 heteroatoms. The van der Waals surface area contributed by atoms with E-state index in [1.165, 1.54) is 4.90 Å². The summed E-state index contributed by atoms with van der Waals surface area (Å²) in [4.78, 5) is 25.2. The van der Waals surface area contributed by atoms with Crippen LogP contribution >= 0.6 is 0 Å². The SMILES string of the molecule is CC1NC(=O)CN(c2ccc3c(c2)OCCCO3)C1=O. The minimum atomic E-state index is -0.507. The summed E-state index contributed by atoms with van der Waals surface area (Å²) in [5.41, 5.74) is 0.654. The second-order valence-electron chi connectivity index (χ2n) is 4.90. The molecule has 1 aromatic rings. The van der Waals surface area contributed by atoms with Gasteiger partial charge in [-0.15, -0.1) is 0 Å². The van der Waals surface area contributed by atoms with Gasteiger partial charge in [0.05, 0.1) is 13.2 Å². The van der Waals surface area contributed by atoms with Crippen LogP contribution in [0, 0.1) is 0 Å². The standard InChI is InChI=1S/C14H16N2O4/c1-9-14(18)16(8-13(17)15-9)10-3-4-11-12(7-10)20-6-2-5-19-11/h3-4,7,9H,2,5-6,8H2,1H3,(H,15,17). The van der Waals surface area contributed by atoms with Crippen LogP contribution in [0.25, 0.3) is 0 Å². The molecule has 0 aromatic heterocycles. The van der Waals surface area contributed by atoms with Crippen molar-refractivity contribution in [1.29, 1.82) is 0 Å². The van der Waals surface area contributed by atoms with Crippen LogP contribution in [-0.2, 0) is 9.59 Å². The zero-order chi connectivity index (χ0) is 14.1. The Kier molecular flexibility index (Phi) is 3.22. The van der Waals surface area contributed by atoms with Crippen molar-refractivity contribution in [1.82, 2.24) is 5.32 Å². The highest BCUT2D eigenvalue weighted by Gasteiger charge is 2.31. The summed E-state index contributed by atoms with van der Waals surface area (Å²) in [6, 6.07) is 4.80. The number of ether oxygens (including phenoxy) is 2. The van der Waals surface area contributed by atoms with Crippen molar-refractivity contribution in [3.63, 3.8) is 0 Å². The number of rotatable bonds is 1. The lowest BCUT2D eigenvalue weighted by Crippen LogP contribution is -2.57. The first kappa shape index (κ1) is 12.8. The Morgan fingerprint density at radius 1 is 1.20 bits per heavy atom. The van der Waals surface area contributed by atoms with Crippen LogP contribution in [0.4, 0.5) is 5.69 Å². The number of carbonyl (C=O) groups excluding carboxylic acids is 2. The smallest absolute Gasteiger partial charge is 0.249 e. The fourth-order valence-electron chi connectivity index (χ4n) is 2.34. The highest BCUT2D eigenvalue weighted by molar-refractivity contribution is 6.06. The Balaban J connectivity index is 1.91. The third-order valence-corrected chi connectivity index (χ3v) is 3.36.